The number of halogens is 1. The molecule has 1 amide bonds. The van der Waals surface area contributed by atoms with Gasteiger partial charge in [-0.25, -0.2) is 0 Å². The van der Waals surface area contributed by atoms with Gasteiger partial charge in [-0.3, -0.25) is 9.48 Å². The van der Waals surface area contributed by atoms with Crippen molar-refractivity contribution in [2.45, 2.75) is 45.6 Å². The zero-order valence-electron chi connectivity index (χ0n) is 20.0. The quantitative estimate of drug-likeness (QED) is 0.373. The fraction of sp³-hybridized carbons (Fsp3) is 0.296. The molecule has 1 unspecified atom stereocenters. The van der Waals surface area contributed by atoms with Gasteiger partial charge in [-0.2, -0.15) is 5.10 Å². The van der Waals surface area contributed by atoms with Crippen LogP contribution in [0, 0.1) is 13.8 Å². The Morgan fingerprint density at radius 2 is 2.03 bits per heavy atom. The summed E-state index contributed by atoms with van der Waals surface area (Å²) in [6, 6.07) is 16.0. The number of aryl methyl sites for hydroxylation is 2. The second kappa shape index (κ2) is 9.58. The highest BCUT2D eigenvalue weighted by atomic mass is 35.5. The molecule has 0 bridgehead atoms. The highest BCUT2D eigenvalue weighted by Gasteiger charge is 2.30. The first-order valence-electron chi connectivity index (χ1n) is 11.6. The zero-order valence-corrected chi connectivity index (χ0v) is 20.7. The second-order valence-corrected chi connectivity index (χ2v) is 9.32. The number of nitrogens with one attached hydrogen (secondary N) is 1. The lowest BCUT2D eigenvalue weighted by Crippen LogP contribution is -2.19. The standard InChI is InChI=1S/C27H27ClN4O3/c1-16-25(17(2)32(30-16)15-18-9-11-24(34-3)22(28)13-18)29-27(33)26-21-14-20(10-12-23(21)35-31-26)19-7-5-4-6-8-19/h4-9,11,13,20H,10,12,14-15H2,1-3H3,(H,29,33). The van der Waals surface area contributed by atoms with E-state index in [1.807, 2.05) is 42.8 Å². The topological polar surface area (TPSA) is 82.2 Å². The minimum absolute atomic E-state index is 0.276. The Hall–Kier alpha value is -3.58. The molecule has 2 heterocycles. The summed E-state index contributed by atoms with van der Waals surface area (Å²) in [5, 5.41) is 12.4. The molecule has 0 radical (unpaired) electrons. The van der Waals surface area contributed by atoms with Crippen LogP contribution in [-0.4, -0.2) is 28.0 Å². The molecule has 1 aliphatic rings. The molecule has 0 aliphatic heterocycles. The van der Waals surface area contributed by atoms with Crippen molar-refractivity contribution in [3.63, 3.8) is 0 Å². The predicted molar refractivity (Wildman–Crippen MR) is 134 cm³/mol. The minimum atomic E-state index is -0.276. The summed E-state index contributed by atoms with van der Waals surface area (Å²) < 4.78 is 12.6. The smallest absolute Gasteiger partial charge is 0.278 e. The molecule has 5 rings (SSSR count). The summed E-state index contributed by atoms with van der Waals surface area (Å²) in [6.07, 6.45) is 2.49. The van der Waals surface area contributed by atoms with Gasteiger partial charge in [-0.15, -0.1) is 0 Å². The molecule has 180 valence electrons. The molecule has 7 nitrogen and oxygen atoms in total. The van der Waals surface area contributed by atoms with E-state index in [1.165, 1.54) is 5.56 Å². The van der Waals surface area contributed by atoms with Crippen LogP contribution in [-0.2, 0) is 19.4 Å². The number of anilines is 1. The maximum atomic E-state index is 13.3. The monoisotopic (exact) mass is 490 g/mol. The van der Waals surface area contributed by atoms with Crippen LogP contribution in [0.1, 0.15) is 56.7 Å². The fourth-order valence-corrected chi connectivity index (χ4v) is 5.06. The van der Waals surface area contributed by atoms with E-state index in [2.05, 4.69) is 39.8 Å². The number of aromatic nitrogens is 3. The molecule has 2 aromatic heterocycles. The first kappa shape index (κ1) is 23.2. The van der Waals surface area contributed by atoms with Crippen LogP contribution < -0.4 is 10.1 Å². The molecule has 8 heteroatoms. The van der Waals surface area contributed by atoms with E-state index in [1.54, 1.807) is 7.11 Å². The number of hydrogen-bond donors (Lipinski definition) is 1. The third-order valence-electron chi connectivity index (χ3n) is 6.69. The number of hydrogen-bond acceptors (Lipinski definition) is 5. The molecular weight excluding hydrogens is 464 g/mol. The maximum Gasteiger partial charge on any atom is 0.278 e. The zero-order chi connectivity index (χ0) is 24.5. The van der Waals surface area contributed by atoms with Crippen LogP contribution >= 0.6 is 11.6 Å². The van der Waals surface area contributed by atoms with Gasteiger partial charge < -0.3 is 14.6 Å². The SMILES string of the molecule is COc1ccc(Cn2nc(C)c(NC(=O)c3noc4c3CC(c3ccccc3)CC4)c2C)cc1Cl. The van der Waals surface area contributed by atoms with Crippen molar-refractivity contribution in [1.29, 1.82) is 0 Å². The summed E-state index contributed by atoms with van der Waals surface area (Å²) in [4.78, 5) is 13.3. The first-order chi connectivity index (χ1) is 16.9. The number of ether oxygens (including phenoxy) is 1. The second-order valence-electron chi connectivity index (χ2n) is 8.91. The molecule has 0 spiro atoms. The van der Waals surface area contributed by atoms with E-state index in [-0.39, 0.29) is 5.91 Å². The summed E-state index contributed by atoms with van der Waals surface area (Å²) in [5.74, 6) is 1.50. The van der Waals surface area contributed by atoms with Crippen molar-refractivity contribution in [3.05, 3.63) is 93.1 Å². The summed E-state index contributed by atoms with van der Waals surface area (Å²) in [5.41, 5.74) is 5.78. The molecule has 1 atom stereocenters. The van der Waals surface area contributed by atoms with Crippen LogP contribution in [0.2, 0.25) is 5.02 Å². The normalized spacial score (nSPS) is 15.0. The van der Waals surface area contributed by atoms with Gasteiger partial charge in [0.05, 0.1) is 35.8 Å². The van der Waals surface area contributed by atoms with E-state index in [0.717, 1.165) is 47.5 Å². The lowest BCUT2D eigenvalue weighted by Gasteiger charge is -2.21. The first-order valence-corrected chi connectivity index (χ1v) is 12.0. The van der Waals surface area contributed by atoms with Crippen molar-refractivity contribution in [1.82, 2.24) is 14.9 Å². The van der Waals surface area contributed by atoms with Crippen molar-refractivity contribution in [2.24, 2.45) is 0 Å². The molecule has 1 aliphatic carbocycles. The molecular formula is C27H27ClN4O3. The van der Waals surface area contributed by atoms with Gasteiger partial charge >= 0.3 is 0 Å². The Balaban J connectivity index is 1.35. The number of fused-ring (bicyclic) bond motifs is 1. The predicted octanol–water partition coefficient (Wildman–Crippen LogP) is 5.72. The highest BCUT2D eigenvalue weighted by Crippen LogP contribution is 2.35. The average Bonchev–Trinajstić information content (AvgIpc) is 3.40. The van der Waals surface area contributed by atoms with Gasteiger partial charge in [0.15, 0.2) is 5.69 Å². The van der Waals surface area contributed by atoms with Crippen LogP contribution in [0.25, 0.3) is 0 Å². The molecule has 1 N–H and O–H groups in total. The number of methoxy groups -OCH3 is 1. The van der Waals surface area contributed by atoms with Gasteiger partial charge in [-0.1, -0.05) is 53.2 Å². The van der Waals surface area contributed by atoms with E-state index in [0.29, 0.717) is 34.6 Å². The third kappa shape index (κ3) is 4.56. The van der Waals surface area contributed by atoms with E-state index < -0.39 is 0 Å². The van der Waals surface area contributed by atoms with Crippen molar-refractivity contribution >= 4 is 23.2 Å². The van der Waals surface area contributed by atoms with Gasteiger partial charge in [0, 0.05) is 12.0 Å². The molecule has 4 aromatic rings. The fourth-order valence-electron chi connectivity index (χ4n) is 4.78. The number of benzene rings is 2. The molecule has 2 aromatic carbocycles. The lowest BCUT2D eigenvalue weighted by atomic mass is 9.82. The van der Waals surface area contributed by atoms with E-state index in [4.69, 9.17) is 20.9 Å². The Bertz CT molecular complexity index is 1380. The Morgan fingerprint density at radius 1 is 1.23 bits per heavy atom. The number of carbonyl (C=O) groups excluding carboxylic acids is 1. The van der Waals surface area contributed by atoms with Crippen LogP contribution in [0.4, 0.5) is 5.69 Å². The summed E-state index contributed by atoms with van der Waals surface area (Å²) in [6.45, 7) is 4.33. The van der Waals surface area contributed by atoms with E-state index >= 15 is 0 Å². The lowest BCUT2D eigenvalue weighted by molar-refractivity contribution is 0.101. The summed E-state index contributed by atoms with van der Waals surface area (Å²) >= 11 is 6.28. The average molecular weight is 491 g/mol. The van der Waals surface area contributed by atoms with Crippen molar-refractivity contribution in [2.75, 3.05) is 12.4 Å². The Morgan fingerprint density at radius 3 is 2.77 bits per heavy atom. The Labute approximate surface area is 209 Å². The van der Waals surface area contributed by atoms with Crippen molar-refractivity contribution in [3.8, 4) is 5.75 Å². The molecule has 35 heavy (non-hydrogen) atoms. The van der Waals surface area contributed by atoms with Crippen LogP contribution in [0.15, 0.2) is 53.1 Å². The van der Waals surface area contributed by atoms with Gasteiger partial charge in [0.25, 0.3) is 5.91 Å². The largest absolute Gasteiger partial charge is 0.495 e. The minimum Gasteiger partial charge on any atom is -0.495 e. The van der Waals surface area contributed by atoms with Crippen molar-refractivity contribution < 1.29 is 14.1 Å². The van der Waals surface area contributed by atoms with Gasteiger partial charge in [0.1, 0.15) is 11.5 Å². The number of carbonyl (C=O) groups is 1. The highest BCUT2D eigenvalue weighted by molar-refractivity contribution is 6.32. The third-order valence-corrected chi connectivity index (χ3v) is 6.99. The number of nitrogens with zero attached hydrogens (tertiary/aromatic N) is 3. The number of rotatable bonds is 6. The molecule has 0 saturated heterocycles. The Kier molecular flexibility index (Phi) is 6.34. The molecule has 0 fully saturated rings. The van der Waals surface area contributed by atoms with Crippen LogP contribution in [0.3, 0.4) is 0 Å². The maximum absolute atomic E-state index is 13.3. The molecule has 0 saturated carbocycles. The van der Waals surface area contributed by atoms with Gasteiger partial charge in [-0.05, 0) is 55.9 Å². The van der Waals surface area contributed by atoms with Crippen LogP contribution in [0.5, 0.6) is 5.75 Å². The van der Waals surface area contributed by atoms with Gasteiger partial charge in [0.2, 0.25) is 0 Å². The summed E-state index contributed by atoms with van der Waals surface area (Å²) in [7, 11) is 1.59. The van der Waals surface area contributed by atoms with E-state index in [9.17, 15) is 4.79 Å². The number of amides is 1.